The number of nitrogens with two attached hydrogens (primary N) is 1. The van der Waals surface area contributed by atoms with Gasteiger partial charge in [0.15, 0.2) is 0 Å². The van der Waals surface area contributed by atoms with Crippen LogP contribution in [0.4, 0.5) is 0 Å². The summed E-state index contributed by atoms with van der Waals surface area (Å²) in [5.74, 6) is -0.111. The topological polar surface area (TPSA) is 98.3 Å². The molecule has 0 radical (unpaired) electrons. The van der Waals surface area contributed by atoms with Crippen molar-refractivity contribution in [3.05, 3.63) is 64.4 Å². The largest absolute Gasteiger partial charge is 0.306 e. The number of fused-ring (bicyclic) bond motifs is 1. The van der Waals surface area contributed by atoms with Crippen LogP contribution in [0.3, 0.4) is 0 Å². The predicted octanol–water partition coefficient (Wildman–Crippen LogP) is 2.16. The number of piperidine rings is 1. The molecule has 0 saturated carbocycles. The molecule has 2 aromatic carbocycles. The molecule has 1 fully saturated rings. The van der Waals surface area contributed by atoms with E-state index in [-0.39, 0.29) is 17.4 Å². The van der Waals surface area contributed by atoms with Crippen LogP contribution in [0, 0.1) is 0 Å². The molecule has 0 unspecified atom stereocenters. The zero-order chi connectivity index (χ0) is 21.3. The van der Waals surface area contributed by atoms with Gasteiger partial charge < -0.3 is 4.90 Å². The summed E-state index contributed by atoms with van der Waals surface area (Å²) in [4.78, 5) is 15.4. The van der Waals surface area contributed by atoms with Gasteiger partial charge in [0.1, 0.15) is 0 Å². The van der Waals surface area contributed by atoms with Gasteiger partial charge in [-0.2, -0.15) is 5.10 Å². The van der Waals surface area contributed by atoms with Crippen molar-refractivity contribution in [2.45, 2.75) is 25.3 Å². The first-order chi connectivity index (χ1) is 14.3. The van der Waals surface area contributed by atoms with Gasteiger partial charge in [0.05, 0.1) is 22.9 Å². The molecule has 1 saturated heterocycles. The Bertz CT molecular complexity index is 1230. The second kappa shape index (κ2) is 8.29. The molecule has 0 spiro atoms. The van der Waals surface area contributed by atoms with Crippen LogP contribution < -0.4 is 10.7 Å². The first kappa shape index (κ1) is 20.7. The van der Waals surface area contributed by atoms with Crippen molar-refractivity contribution in [2.24, 2.45) is 5.14 Å². The van der Waals surface area contributed by atoms with E-state index in [9.17, 15) is 13.2 Å². The highest BCUT2D eigenvalue weighted by molar-refractivity contribution is 7.89. The molecule has 7 nitrogen and oxygen atoms in total. The Labute approximate surface area is 176 Å². The zero-order valence-corrected chi connectivity index (χ0v) is 17.8. The maximum Gasteiger partial charge on any atom is 0.274 e. The minimum atomic E-state index is -3.53. The zero-order valence-electron chi connectivity index (χ0n) is 17.0. The van der Waals surface area contributed by atoms with Gasteiger partial charge in [-0.05, 0) is 57.1 Å². The van der Waals surface area contributed by atoms with E-state index in [1.54, 1.807) is 4.68 Å². The number of aryl methyl sites for hydroxylation is 1. The normalized spacial score (nSPS) is 16.2. The number of hydrogen-bond acceptors (Lipinski definition) is 5. The van der Waals surface area contributed by atoms with E-state index in [4.69, 9.17) is 10.2 Å². The summed E-state index contributed by atoms with van der Waals surface area (Å²) in [5.41, 5.74) is 2.40. The van der Waals surface area contributed by atoms with Crippen molar-refractivity contribution < 1.29 is 8.42 Å². The smallest absolute Gasteiger partial charge is 0.274 e. The number of nitrogens with zero attached hydrogens (tertiary/aromatic N) is 3. The predicted molar refractivity (Wildman–Crippen MR) is 119 cm³/mol. The highest BCUT2D eigenvalue weighted by Gasteiger charge is 2.22. The molecule has 158 valence electrons. The highest BCUT2D eigenvalue weighted by Crippen LogP contribution is 2.28. The molecule has 1 aliphatic rings. The number of rotatable bonds is 5. The molecule has 0 amide bonds. The van der Waals surface area contributed by atoms with Crippen molar-refractivity contribution in [1.82, 2.24) is 14.7 Å². The van der Waals surface area contributed by atoms with E-state index in [0.29, 0.717) is 11.8 Å². The number of aromatic nitrogens is 2. The first-order valence-electron chi connectivity index (χ1n) is 10.1. The van der Waals surface area contributed by atoms with E-state index in [1.165, 1.54) is 0 Å². The molecule has 0 bridgehead atoms. The van der Waals surface area contributed by atoms with Crippen molar-refractivity contribution in [2.75, 3.05) is 25.9 Å². The third-order valence-corrected chi connectivity index (χ3v) is 6.51. The molecule has 1 aliphatic heterocycles. The first-order valence-corrected chi connectivity index (χ1v) is 11.8. The number of benzene rings is 2. The Kier molecular flexibility index (Phi) is 5.73. The fraction of sp³-hybridized carbons (Fsp3) is 0.364. The molecule has 2 N–H and O–H groups in total. The Morgan fingerprint density at radius 1 is 1.07 bits per heavy atom. The van der Waals surface area contributed by atoms with Crippen LogP contribution in [0.15, 0.2) is 53.3 Å². The monoisotopic (exact) mass is 426 g/mol. The summed E-state index contributed by atoms with van der Waals surface area (Å²) in [6.07, 6.45) is 2.10. The van der Waals surface area contributed by atoms with Gasteiger partial charge in [0.25, 0.3) is 5.56 Å². The third kappa shape index (κ3) is 4.45. The fourth-order valence-corrected chi connectivity index (χ4v) is 4.56. The van der Waals surface area contributed by atoms with Gasteiger partial charge in [0.2, 0.25) is 10.0 Å². The number of sulfonamides is 1. The minimum absolute atomic E-state index is 0.0608. The van der Waals surface area contributed by atoms with E-state index in [0.717, 1.165) is 48.1 Å². The molecule has 1 aromatic heterocycles. The van der Waals surface area contributed by atoms with E-state index in [1.807, 2.05) is 48.5 Å². The standard InChI is InChI=1S/C22H26N4O3S/c1-25-12-9-18(10-13-25)26-22(27)20-8-3-2-7-19(20)21(24-26)17-6-4-5-16(15-17)11-14-30(23,28)29/h2-8,15,18H,9-14H2,1H3,(H2,23,28,29). The minimum Gasteiger partial charge on any atom is -0.306 e. The summed E-state index contributed by atoms with van der Waals surface area (Å²) in [6.45, 7) is 1.87. The molecule has 3 aromatic rings. The Morgan fingerprint density at radius 2 is 1.77 bits per heavy atom. The lowest BCUT2D eigenvalue weighted by atomic mass is 10.0. The molecule has 0 atom stereocenters. The van der Waals surface area contributed by atoms with Gasteiger partial charge >= 0.3 is 0 Å². The van der Waals surface area contributed by atoms with E-state index in [2.05, 4.69) is 11.9 Å². The van der Waals surface area contributed by atoms with Crippen LogP contribution >= 0.6 is 0 Å². The summed E-state index contributed by atoms with van der Waals surface area (Å²) < 4.78 is 24.3. The van der Waals surface area contributed by atoms with Crippen LogP contribution in [0.5, 0.6) is 0 Å². The Morgan fingerprint density at radius 3 is 2.47 bits per heavy atom. The molecule has 0 aliphatic carbocycles. The van der Waals surface area contributed by atoms with Gasteiger partial charge in [-0.3, -0.25) is 4.79 Å². The third-order valence-electron chi connectivity index (χ3n) is 5.74. The van der Waals surface area contributed by atoms with Crippen molar-refractivity contribution in [1.29, 1.82) is 0 Å². The lowest BCUT2D eigenvalue weighted by Crippen LogP contribution is -2.36. The lowest BCUT2D eigenvalue weighted by Gasteiger charge is -2.29. The number of primary sulfonamides is 1. The second-order valence-corrected chi connectivity index (χ2v) is 9.73. The molecular weight excluding hydrogens is 400 g/mol. The van der Waals surface area contributed by atoms with E-state index < -0.39 is 10.0 Å². The van der Waals surface area contributed by atoms with Crippen molar-refractivity contribution in [3.8, 4) is 11.3 Å². The Balaban J connectivity index is 1.81. The quantitative estimate of drug-likeness (QED) is 0.674. The van der Waals surface area contributed by atoms with Gasteiger partial charge in [-0.1, -0.05) is 36.4 Å². The summed E-state index contributed by atoms with van der Waals surface area (Å²) in [5, 5.41) is 11.4. The number of likely N-dealkylation sites (tertiary alicyclic amines) is 1. The molecule has 2 heterocycles. The van der Waals surface area contributed by atoms with Gasteiger partial charge in [-0.25, -0.2) is 18.2 Å². The highest BCUT2D eigenvalue weighted by atomic mass is 32.2. The molecule has 30 heavy (non-hydrogen) atoms. The van der Waals surface area contributed by atoms with Gasteiger partial charge in [0, 0.05) is 10.9 Å². The number of hydrogen-bond donors (Lipinski definition) is 1. The van der Waals surface area contributed by atoms with Crippen LogP contribution in [0.25, 0.3) is 22.0 Å². The summed E-state index contributed by atoms with van der Waals surface area (Å²) in [6, 6.07) is 15.2. The second-order valence-electron chi connectivity index (χ2n) is 8.00. The van der Waals surface area contributed by atoms with Crippen LogP contribution in [-0.4, -0.2) is 49.0 Å². The van der Waals surface area contributed by atoms with Crippen molar-refractivity contribution in [3.63, 3.8) is 0 Å². The van der Waals surface area contributed by atoms with Gasteiger partial charge in [-0.15, -0.1) is 0 Å². The van der Waals surface area contributed by atoms with Crippen molar-refractivity contribution >= 4 is 20.8 Å². The average molecular weight is 427 g/mol. The Hall–Kier alpha value is -2.55. The lowest BCUT2D eigenvalue weighted by molar-refractivity contribution is 0.209. The van der Waals surface area contributed by atoms with Crippen LogP contribution in [0.1, 0.15) is 24.4 Å². The van der Waals surface area contributed by atoms with Crippen LogP contribution in [-0.2, 0) is 16.4 Å². The van der Waals surface area contributed by atoms with Crippen LogP contribution in [0.2, 0.25) is 0 Å². The maximum absolute atomic E-state index is 13.2. The molecule has 8 heteroatoms. The summed E-state index contributed by atoms with van der Waals surface area (Å²) in [7, 11) is -1.44. The van der Waals surface area contributed by atoms with E-state index >= 15 is 0 Å². The molecule has 4 rings (SSSR count). The summed E-state index contributed by atoms with van der Waals surface area (Å²) >= 11 is 0. The fourth-order valence-electron chi connectivity index (χ4n) is 4.04. The molecular formula is C22H26N4O3S. The SMILES string of the molecule is CN1CCC(n2nc(-c3cccc(CCS(N)(=O)=O)c3)c3ccccc3c2=O)CC1. The average Bonchev–Trinajstić information content (AvgIpc) is 2.73. The maximum atomic E-state index is 13.2.